The SMILES string of the molecule is C=C(/N=C1/C(N2CCCCC2)=NC(N(CCO)CCO)=N/C1=C(/N)N1CCCCC1)N(CCO)CCO. The summed E-state index contributed by atoms with van der Waals surface area (Å²) in [6, 6.07) is 0. The van der Waals surface area contributed by atoms with E-state index in [0.717, 1.165) is 64.7 Å². The van der Waals surface area contributed by atoms with Gasteiger partial charge in [-0.05, 0) is 38.5 Å². The van der Waals surface area contributed by atoms with Crippen LogP contribution < -0.4 is 5.73 Å². The number of hydrogen-bond acceptors (Lipinski definition) is 12. The fourth-order valence-electron chi connectivity index (χ4n) is 4.83. The van der Waals surface area contributed by atoms with Crippen LogP contribution in [0.15, 0.2) is 38.9 Å². The number of aliphatic imine (C=N–C) groups is 3. The normalized spacial score (nSPS) is 21.0. The van der Waals surface area contributed by atoms with Gasteiger partial charge in [-0.25, -0.2) is 9.98 Å². The van der Waals surface area contributed by atoms with Crippen molar-refractivity contribution in [3.05, 3.63) is 23.9 Å². The lowest BCUT2D eigenvalue weighted by Gasteiger charge is -2.36. The third kappa shape index (κ3) is 7.67. The maximum atomic E-state index is 9.66. The molecule has 0 bridgehead atoms. The quantitative estimate of drug-likeness (QED) is 0.239. The Kier molecular flexibility index (Phi) is 11.6. The van der Waals surface area contributed by atoms with E-state index in [1.54, 1.807) is 9.80 Å². The minimum Gasteiger partial charge on any atom is -0.395 e. The zero-order valence-electron chi connectivity index (χ0n) is 21.9. The van der Waals surface area contributed by atoms with Gasteiger partial charge in [0, 0.05) is 52.4 Å². The van der Waals surface area contributed by atoms with Gasteiger partial charge in [0.1, 0.15) is 23.1 Å². The van der Waals surface area contributed by atoms with Crippen LogP contribution in [0, 0.1) is 0 Å². The van der Waals surface area contributed by atoms with Gasteiger partial charge in [0.05, 0.1) is 26.4 Å². The number of likely N-dealkylation sites (tertiary alicyclic amines) is 2. The Bertz CT molecular complexity index is 864. The summed E-state index contributed by atoms with van der Waals surface area (Å²) in [6.45, 7) is 8.07. The second-order valence-electron chi connectivity index (χ2n) is 9.42. The van der Waals surface area contributed by atoms with E-state index in [-0.39, 0.29) is 52.6 Å². The predicted molar refractivity (Wildman–Crippen MR) is 145 cm³/mol. The van der Waals surface area contributed by atoms with Crippen LogP contribution in [0.25, 0.3) is 0 Å². The summed E-state index contributed by atoms with van der Waals surface area (Å²) in [5.41, 5.74) is 7.78. The van der Waals surface area contributed by atoms with E-state index in [0.29, 0.717) is 34.8 Å². The lowest BCUT2D eigenvalue weighted by molar-refractivity contribution is 0.188. The highest BCUT2D eigenvalue weighted by Gasteiger charge is 2.32. The van der Waals surface area contributed by atoms with Crippen molar-refractivity contribution < 1.29 is 20.4 Å². The van der Waals surface area contributed by atoms with Gasteiger partial charge >= 0.3 is 0 Å². The number of nitrogens with two attached hydrogens (primary N) is 1. The smallest absolute Gasteiger partial charge is 0.228 e. The number of hydrogen-bond donors (Lipinski definition) is 5. The number of aliphatic hydroxyl groups excluding tert-OH is 4. The largest absolute Gasteiger partial charge is 0.395 e. The average molecular weight is 521 g/mol. The van der Waals surface area contributed by atoms with Crippen molar-refractivity contribution in [3.8, 4) is 0 Å². The van der Waals surface area contributed by atoms with Crippen LogP contribution in [0.3, 0.4) is 0 Å². The second-order valence-corrected chi connectivity index (χ2v) is 9.42. The monoisotopic (exact) mass is 520 g/mol. The molecule has 2 fully saturated rings. The third-order valence-corrected chi connectivity index (χ3v) is 6.82. The van der Waals surface area contributed by atoms with E-state index in [1.807, 2.05) is 0 Å². The molecule has 6 N–H and O–H groups in total. The molecule has 0 unspecified atom stereocenters. The molecule has 0 spiro atoms. The van der Waals surface area contributed by atoms with Crippen LogP contribution in [0.4, 0.5) is 0 Å². The standard InChI is InChI=1S/C25H44N8O4/c1-20(30(12-16-34)13-17-35)27-22-21(23(26)31-8-4-2-5-9-31)28-25(33(14-18-36)15-19-37)29-24(22)32-10-6-3-7-11-32/h34-37H,1-19,26H2/b23-21-,27-22+. The number of piperidine rings is 2. The van der Waals surface area contributed by atoms with Gasteiger partial charge in [-0.1, -0.05) is 6.58 Å². The molecule has 3 rings (SSSR count). The Morgan fingerprint density at radius 3 is 1.89 bits per heavy atom. The highest BCUT2D eigenvalue weighted by molar-refractivity contribution is 6.50. The van der Waals surface area contributed by atoms with E-state index in [1.165, 1.54) is 0 Å². The Balaban J connectivity index is 2.15. The molecule has 208 valence electrons. The van der Waals surface area contributed by atoms with E-state index < -0.39 is 0 Å². The van der Waals surface area contributed by atoms with E-state index in [9.17, 15) is 20.4 Å². The van der Waals surface area contributed by atoms with Crippen LogP contribution in [-0.2, 0) is 0 Å². The molecule has 12 heteroatoms. The van der Waals surface area contributed by atoms with Crippen molar-refractivity contribution in [2.75, 3.05) is 78.8 Å². The molecule has 2 saturated heterocycles. The molecular weight excluding hydrogens is 476 g/mol. The van der Waals surface area contributed by atoms with E-state index >= 15 is 0 Å². The molecule has 0 aromatic rings. The first kappa shape index (κ1) is 28.9. The topological polar surface area (TPSA) is 157 Å². The molecule has 0 aromatic carbocycles. The molecule has 0 radical (unpaired) electrons. The molecular formula is C25H44N8O4. The summed E-state index contributed by atoms with van der Waals surface area (Å²) in [5.74, 6) is 1.91. The number of amidine groups is 1. The lowest BCUT2D eigenvalue weighted by Crippen LogP contribution is -2.47. The van der Waals surface area contributed by atoms with Gasteiger partial charge in [-0.15, -0.1) is 0 Å². The highest BCUT2D eigenvalue weighted by atomic mass is 16.3. The number of aliphatic hydroxyl groups is 4. The molecule has 37 heavy (non-hydrogen) atoms. The van der Waals surface area contributed by atoms with Crippen molar-refractivity contribution >= 4 is 17.5 Å². The third-order valence-electron chi connectivity index (χ3n) is 6.82. The summed E-state index contributed by atoms with van der Waals surface area (Å²) < 4.78 is 0. The summed E-state index contributed by atoms with van der Waals surface area (Å²) in [5, 5.41) is 38.4. The number of rotatable bonds is 11. The minimum atomic E-state index is -0.108. The Labute approximate surface area is 219 Å². The highest BCUT2D eigenvalue weighted by Crippen LogP contribution is 2.24. The molecule has 0 amide bonds. The second kappa shape index (κ2) is 14.9. The molecule has 0 saturated carbocycles. The van der Waals surface area contributed by atoms with Gasteiger partial charge in [-0.2, -0.15) is 4.99 Å². The lowest BCUT2D eigenvalue weighted by atomic mass is 10.1. The van der Waals surface area contributed by atoms with Gasteiger partial charge in [0.15, 0.2) is 5.84 Å². The first-order chi connectivity index (χ1) is 18.0. The van der Waals surface area contributed by atoms with Crippen molar-refractivity contribution in [3.63, 3.8) is 0 Å². The molecule has 12 nitrogen and oxygen atoms in total. The van der Waals surface area contributed by atoms with Crippen LogP contribution in [-0.4, -0.2) is 136 Å². The first-order valence-corrected chi connectivity index (χ1v) is 13.4. The Hall–Kier alpha value is -2.67. The summed E-state index contributed by atoms with van der Waals surface area (Å²) >= 11 is 0. The summed E-state index contributed by atoms with van der Waals surface area (Å²) in [7, 11) is 0. The molecule has 0 aromatic heterocycles. The maximum Gasteiger partial charge on any atom is 0.228 e. The summed E-state index contributed by atoms with van der Waals surface area (Å²) in [6.07, 6.45) is 6.43. The minimum absolute atomic E-state index is 0.102. The molecule has 0 aliphatic carbocycles. The Morgan fingerprint density at radius 1 is 0.811 bits per heavy atom. The Morgan fingerprint density at radius 2 is 1.35 bits per heavy atom. The predicted octanol–water partition coefficient (Wildman–Crippen LogP) is -0.660. The van der Waals surface area contributed by atoms with Crippen molar-refractivity contribution in [2.45, 2.75) is 38.5 Å². The first-order valence-electron chi connectivity index (χ1n) is 13.4. The molecule has 3 aliphatic heterocycles. The van der Waals surface area contributed by atoms with Crippen molar-refractivity contribution in [2.24, 2.45) is 20.7 Å². The van der Waals surface area contributed by atoms with Crippen LogP contribution >= 0.6 is 0 Å². The van der Waals surface area contributed by atoms with Gasteiger partial charge in [0.2, 0.25) is 5.96 Å². The molecule has 3 heterocycles. The average Bonchev–Trinajstić information content (AvgIpc) is 2.93. The van der Waals surface area contributed by atoms with Crippen molar-refractivity contribution in [1.29, 1.82) is 0 Å². The van der Waals surface area contributed by atoms with Crippen LogP contribution in [0.2, 0.25) is 0 Å². The van der Waals surface area contributed by atoms with Gasteiger partial charge in [0.25, 0.3) is 0 Å². The van der Waals surface area contributed by atoms with Gasteiger partial charge in [-0.3, -0.25) is 0 Å². The van der Waals surface area contributed by atoms with Crippen LogP contribution in [0.1, 0.15) is 38.5 Å². The molecule has 0 atom stereocenters. The van der Waals surface area contributed by atoms with Gasteiger partial charge < -0.3 is 45.8 Å². The zero-order valence-corrected chi connectivity index (χ0v) is 21.9. The fraction of sp³-hybridized carbons (Fsp3) is 0.720. The van der Waals surface area contributed by atoms with Crippen molar-refractivity contribution in [1.82, 2.24) is 19.6 Å². The number of nitrogens with zero attached hydrogens (tertiary/aromatic N) is 7. The number of guanidine groups is 1. The maximum absolute atomic E-state index is 9.66. The summed E-state index contributed by atoms with van der Waals surface area (Å²) in [4.78, 5) is 22.4. The van der Waals surface area contributed by atoms with E-state index in [2.05, 4.69) is 16.4 Å². The fourth-order valence-corrected chi connectivity index (χ4v) is 4.83. The van der Waals surface area contributed by atoms with E-state index in [4.69, 9.17) is 20.7 Å². The van der Waals surface area contributed by atoms with Crippen LogP contribution in [0.5, 0.6) is 0 Å². The zero-order chi connectivity index (χ0) is 26.6. The molecule has 3 aliphatic rings.